The number of piperidine rings is 1. The van der Waals surface area contributed by atoms with Gasteiger partial charge in [-0.05, 0) is 49.6 Å². The van der Waals surface area contributed by atoms with Gasteiger partial charge in [-0.2, -0.15) is 0 Å². The van der Waals surface area contributed by atoms with Crippen molar-refractivity contribution in [2.45, 2.75) is 43.8 Å². The summed E-state index contributed by atoms with van der Waals surface area (Å²) in [4.78, 5) is 14.8. The molecule has 2 amide bonds. The molecule has 1 aromatic rings. The summed E-state index contributed by atoms with van der Waals surface area (Å²) in [7, 11) is 3.72. The summed E-state index contributed by atoms with van der Waals surface area (Å²) in [5.74, 6) is 0. The van der Waals surface area contributed by atoms with E-state index in [1.807, 2.05) is 24.3 Å². The summed E-state index contributed by atoms with van der Waals surface area (Å²) in [6, 6.07) is 8.66. The standard InChI is InChI=1S/C17H24N4O2/c1-20(23)11-12-5-3-4-6-16(12)19-17(22)18-13-9-14-7-8-15(10-13)21(14)2/h3-6,11,13-15,23H,7-10H2,1-2H3,(H,18,22)/p+1. The minimum Gasteiger partial charge on any atom is -0.335 e. The summed E-state index contributed by atoms with van der Waals surface area (Å²) in [6.07, 6.45) is 6.08. The maximum atomic E-state index is 12.3. The van der Waals surface area contributed by atoms with Crippen LogP contribution in [0.2, 0.25) is 0 Å². The van der Waals surface area contributed by atoms with Crippen molar-refractivity contribution in [2.75, 3.05) is 19.4 Å². The van der Waals surface area contributed by atoms with E-state index in [-0.39, 0.29) is 12.1 Å². The highest BCUT2D eigenvalue weighted by molar-refractivity contribution is 5.95. The van der Waals surface area contributed by atoms with Crippen LogP contribution in [0.3, 0.4) is 0 Å². The minimum atomic E-state index is -0.180. The quantitative estimate of drug-likeness (QED) is 0.345. The molecule has 2 aliphatic heterocycles. The smallest absolute Gasteiger partial charge is 0.319 e. The average molecular weight is 317 g/mol. The van der Waals surface area contributed by atoms with E-state index >= 15 is 0 Å². The molecular weight excluding hydrogens is 292 g/mol. The molecule has 2 unspecified atom stereocenters. The summed E-state index contributed by atoms with van der Waals surface area (Å²) >= 11 is 0. The molecule has 0 spiro atoms. The minimum absolute atomic E-state index is 0.180. The van der Waals surface area contributed by atoms with Gasteiger partial charge in [-0.25, -0.2) is 4.79 Å². The molecule has 0 aromatic heterocycles. The number of hydrogen-bond donors (Lipinski definition) is 3. The Morgan fingerprint density at radius 1 is 1.30 bits per heavy atom. The normalized spacial score (nSPS) is 27.7. The molecule has 3 N–H and O–H groups in total. The lowest BCUT2D eigenvalue weighted by Gasteiger charge is -2.36. The number of amides is 2. The summed E-state index contributed by atoms with van der Waals surface area (Å²) in [6.45, 7) is 0. The van der Waals surface area contributed by atoms with Gasteiger partial charge in [0.2, 0.25) is 6.21 Å². The molecule has 0 saturated carbocycles. The van der Waals surface area contributed by atoms with Gasteiger partial charge < -0.3 is 15.5 Å². The number of para-hydroxylation sites is 1. The first-order chi connectivity index (χ1) is 11.0. The van der Waals surface area contributed by atoms with Crippen molar-refractivity contribution in [1.82, 2.24) is 10.2 Å². The zero-order chi connectivity index (χ0) is 16.4. The van der Waals surface area contributed by atoms with Crippen LogP contribution in [0.4, 0.5) is 10.5 Å². The van der Waals surface area contributed by atoms with Crippen molar-refractivity contribution >= 4 is 17.9 Å². The molecule has 6 nitrogen and oxygen atoms in total. The number of carbonyl (C=O) groups excluding carboxylic acids is 1. The van der Waals surface area contributed by atoms with Crippen molar-refractivity contribution in [3.05, 3.63) is 29.8 Å². The number of anilines is 1. The number of hydroxylamine groups is 1. The topological polar surface area (TPSA) is 67.6 Å². The number of rotatable bonds is 3. The highest BCUT2D eigenvalue weighted by Gasteiger charge is 2.38. The lowest BCUT2D eigenvalue weighted by molar-refractivity contribution is -0.750. The number of urea groups is 1. The first kappa shape index (κ1) is 15.8. The third-order valence-corrected chi connectivity index (χ3v) is 4.97. The number of nitrogens with zero attached hydrogens (tertiary/aromatic N) is 2. The van der Waals surface area contributed by atoms with Crippen LogP contribution in [0, 0.1) is 0 Å². The van der Waals surface area contributed by atoms with Crippen LogP contribution < -0.4 is 10.6 Å². The highest BCUT2D eigenvalue weighted by Crippen LogP contribution is 2.34. The number of benzene rings is 1. The van der Waals surface area contributed by atoms with Gasteiger partial charge in [-0.1, -0.05) is 12.1 Å². The van der Waals surface area contributed by atoms with Crippen LogP contribution in [0.5, 0.6) is 0 Å². The molecule has 23 heavy (non-hydrogen) atoms. The van der Waals surface area contributed by atoms with E-state index in [0.717, 1.165) is 23.1 Å². The molecule has 2 saturated heterocycles. The van der Waals surface area contributed by atoms with Gasteiger partial charge in [-0.15, -0.1) is 0 Å². The van der Waals surface area contributed by atoms with Gasteiger partial charge in [-0.3, -0.25) is 5.21 Å². The third-order valence-electron chi connectivity index (χ3n) is 4.97. The van der Waals surface area contributed by atoms with Gasteiger partial charge in [0.05, 0.1) is 11.3 Å². The van der Waals surface area contributed by atoms with Gasteiger partial charge in [0.15, 0.2) is 7.05 Å². The maximum absolute atomic E-state index is 12.3. The number of hydrogen-bond acceptors (Lipinski definition) is 3. The fourth-order valence-corrected chi connectivity index (χ4v) is 3.80. The largest absolute Gasteiger partial charge is 0.335 e. The van der Waals surface area contributed by atoms with E-state index in [1.165, 1.54) is 19.9 Å². The molecule has 2 fully saturated rings. The molecule has 1 aromatic carbocycles. The summed E-state index contributed by atoms with van der Waals surface area (Å²) < 4.78 is 0.979. The van der Waals surface area contributed by atoms with Gasteiger partial charge >= 0.3 is 6.03 Å². The number of fused-ring (bicyclic) bond motifs is 2. The van der Waals surface area contributed by atoms with Crippen molar-refractivity contribution in [3.63, 3.8) is 0 Å². The van der Waals surface area contributed by atoms with Gasteiger partial charge in [0.1, 0.15) is 0 Å². The first-order valence-corrected chi connectivity index (χ1v) is 8.18. The van der Waals surface area contributed by atoms with E-state index in [0.29, 0.717) is 17.8 Å². The van der Waals surface area contributed by atoms with Crippen LogP contribution >= 0.6 is 0 Å². The Morgan fingerprint density at radius 3 is 2.61 bits per heavy atom. The first-order valence-electron chi connectivity index (χ1n) is 8.18. The van der Waals surface area contributed by atoms with Crippen molar-refractivity contribution < 1.29 is 14.7 Å². The van der Waals surface area contributed by atoms with Crippen molar-refractivity contribution in [1.29, 1.82) is 0 Å². The fourth-order valence-electron chi connectivity index (χ4n) is 3.80. The molecule has 6 heteroatoms. The Morgan fingerprint density at radius 2 is 1.96 bits per heavy atom. The van der Waals surface area contributed by atoms with E-state index in [2.05, 4.69) is 22.6 Å². The molecule has 2 heterocycles. The average Bonchev–Trinajstić information content (AvgIpc) is 2.71. The monoisotopic (exact) mass is 317 g/mol. The summed E-state index contributed by atoms with van der Waals surface area (Å²) in [5.41, 5.74) is 1.44. The van der Waals surface area contributed by atoms with Crippen LogP contribution in [0.1, 0.15) is 31.2 Å². The van der Waals surface area contributed by atoms with Crippen molar-refractivity contribution in [3.8, 4) is 0 Å². The second-order valence-corrected chi connectivity index (χ2v) is 6.61. The van der Waals surface area contributed by atoms with E-state index in [4.69, 9.17) is 0 Å². The van der Waals surface area contributed by atoms with Gasteiger partial charge in [0.25, 0.3) is 0 Å². The molecule has 0 radical (unpaired) electrons. The third kappa shape index (κ3) is 3.64. The molecular formula is C17H25N4O2+. The van der Waals surface area contributed by atoms with Crippen LogP contribution in [0.15, 0.2) is 24.3 Å². The highest BCUT2D eigenvalue weighted by atomic mass is 16.5. The van der Waals surface area contributed by atoms with E-state index < -0.39 is 0 Å². The van der Waals surface area contributed by atoms with E-state index in [1.54, 1.807) is 6.21 Å². The maximum Gasteiger partial charge on any atom is 0.319 e. The molecule has 2 atom stereocenters. The Labute approximate surface area is 136 Å². The Balaban J connectivity index is 1.61. The number of carbonyl (C=O) groups is 1. The van der Waals surface area contributed by atoms with E-state index in [9.17, 15) is 10.0 Å². The van der Waals surface area contributed by atoms with Crippen LogP contribution in [-0.4, -0.2) is 59.3 Å². The molecule has 0 aliphatic carbocycles. The second kappa shape index (κ2) is 6.58. The molecule has 3 rings (SSSR count). The Bertz CT molecular complexity index is 598. The predicted molar refractivity (Wildman–Crippen MR) is 89.3 cm³/mol. The lowest BCUT2D eigenvalue weighted by atomic mass is 9.98. The molecule has 2 aliphatic rings. The lowest BCUT2D eigenvalue weighted by Crippen LogP contribution is -2.49. The van der Waals surface area contributed by atoms with Crippen molar-refractivity contribution in [2.24, 2.45) is 0 Å². The zero-order valence-corrected chi connectivity index (χ0v) is 13.7. The van der Waals surface area contributed by atoms with Crippen LogP contribution in [0.25, 0.3) is 0 Å². The van der Waals surface area contributed by atoms with Crippen LogP contribution in [-0.2, 0) is 0 Å². The van der Waals surface area contributed by atoms with Gasteiger partial charge in [0, 0.05) is 18.1 Å². The molecule has 124 valence electrons. The predicted octanol–water partition coefficient (Wildman–Crippen LogP) is 1.88. The second-order valence-electron chi connectivity index (χ2n) is 6.61. The fraction of sp³-hybridized carbons (Fsp3) is 0.529. The molecule has 2 bridgehead atoms. The zero-order valence-electron chi connectivity index (χ0n) is 13.7. The Kier molecular flexibility index (Phi) is 4.52. The SMILES string of the molecule is CN1C2CCC1CC(NC(=O)Nc1ccccc1C=[N+](C)O)C2. The Hall–Kier alpha value is -2.08. The number of nitrogens with one attached hydrogen (secondary N) is 2. The summed E-state index contributed by atoms with van der Waals surface area (Å²) in [5, 5.41) is 15.4.